The first-order valence-electron chi connectivity index (χ1n) is 6.88. The Morgan fingerprint density at radius 1 is 1.12 bits per heavy atom. The van der Waals surface area contributed by atoms with E-state index in [9.17, 15) is 0 Å². The number of aromatic nitrogens is 2. The predicted octanol–water partition coefficient (Wildman–Crippen LogP) is 4.17. The maximum Gasteiger partial charge on any atom is 0.0658 e. The van der Waals surface area contributed by atoms with Crippen molar-refractivity contribution in [1.82, 2.24) is 9.78 Å². The van der Waals surface area contributed by atoms with Crippen molar-refractivity contribution in [1.29, 1.82) is 0 Å². The molecule has 0 fully saturated rings. The topological polar surface area (TPSA) is 27.1 Å². The average molecular weight is 244 g/mol. The first-order chi connectivity index (χ1) is 8.36. The Morgan fingerprint density at radius 3 is 2.00 bits per heavy atom. The fourth-order valence-electron chi connectivity index (χ4n) is 0.902. The molecule has 1 aromatic heterocycles. The van der Waals surface area contributed by atoms with Gasteiger partial charge in [0.05, 0.1) is 18.8 Å². The smallest absolute Gasteiger partial charge is 0.0658 e. The summed E-state index contributed by atoms with van der Waals surface area (Å²) in [6.07, 6.45) is 2.98. The third kappa shape index (κ3) is 13.1. The van der Waals surface area contributed by atoms with Crippen LogP contribution in [0.4, 0.5) is 0 Å². The van der Waals surface area contributed by atoms with Crippen LogP contribution >= 0.6 is 0 Å². The minimum absolute atomic E-state index is 0.727. The van der Waals surface area contributed by atoms with Gasteiger partial charge in [-0.1, -0.05) is 48.5 Å². The molecule has 1 heterocycles. The molecule has 0 aliphatic rings. The van der Waals surface area contributed by atoms with Gasteiger partial charge in [0.1, 0.15) is 0 Å². The summed E-state index contributed by atoms with van der Waals surface area (Å²) in [5.41, 5.74) is 1.14. The lowest BCUT2D eigenvalue weighted by molar-refractivity contribution is 0.183. The summed E-state index contributed by atoms with van der Waals surface area (Å²) in [5.74, 6) is 0. The maximum absolute atomic E-state index is 4.93. The Labute approximate surface area is 108 Å². The fraction of sp³-hybridized carbons (Fsp3) is 0.786. The number of hydrogen-bond acceptors (Lipinski definition) is 2. The molecule has 0 saturated heterocycles. The largest absolute Gasteiger partial charge is 0.383 e. The van der Waals surface area contributed by atoms with Crippen molar-refractivity contribution >= 4 is 0 Å². The summed E-state index contributed by atoms with van der Waals surface area (Å²) in [4.78, 5) is 0. The molecule has 3 heteroatoms. The van der Waals surface area contributed by atoms with Gasteiger partial charge in [0, 0.05) is 13.3 Å². The highest BCUT2D eigenvalue weighted by atomic mass is 16.5. The molecule has 0 atom stereocenters. The maximum atomic E-state index is 4.93. The van der Waals surface area contributed by atoms with Gasteiger partial charge >= 0.3 is 0 Å². The zero-order chi connectivity index (χ0) is 14.1. The van der Waals surface area contributed by atoms with Gasteiger partial charge in [-0.2, -0.15) is 5.10 Å². The second kappa shape index (κ2) is 20.6. The normalized spacial score (nSPS) is 7.76. The lowest BCUT2D eigenvalue weighted by atomic mass is 10.4. The quantitative estimate of drug-likeness (QED) is 0.795. The third-order valence-electron chi connectivity index (χ3n) is 1.58. The molecule has 17 heavy (non-hydrogen) atoms. The first-order valence-corrected chi connectivity index (χ1v) is 6.88. The lowest BCUT2D eigenvalue weighted by Crippen LogP contribution is -2.04. The summed E-state index contributed by atoms with van der Waals surface area (Å²) in [5, 5.41) is 4.30. The molecule has 0 aliphatic heterocycles. The van der Waals surface area contributed by atoms with Crippen molar-refractivity contribution in [3.63, 3.8) is 0 Å². The van der Waals surface area contributed by atoms with E-state index in [1.165, 1.54) is 0 Å². The molecule has 1 rings (SSSR count). The third-order valence-corrected chi connectivity index (χ3v) is 1.58. The Balaban J connectivity index is -0.000000285. The second-order valence-electron chi connectivity index (χ2n) is 2.42. The first kappa shape index (κ1) is 21.5. The van der Waals surface area contributed by atoms with E-state index in [4.69, 9.17) is 4.74 Å². The highest BCUT2D eigenvalue weighted by molar-refractivity contribution is 4.97. The van der Waals surface area contributed by atoms with Crippen molar-refractivity contribution in [3.8, 4) is 0 Å². The van der Waals surface area contributed by atoms with Crippen LogP contribution in [0.3, 0.4) is 0 Å². The summed E-state index contributed by atoms with van der Waals surface area (Å²) in [6, 6.07) is 2.04. The minimum Gasteiger partial charge on any atom is -0.383 e. The molecule has 0 amide bonds. The van der Waals surface area contributed by atoms with Gasteiger partial charge < -0.3 is 4.74 Å². The van der Waals surface area contributed by atoms with Gasteiger partial charge in [0.15, 0.2) is 0 Å². The Morgan fingerprint density at radius 2 is 1.65 bits per heavy atom. The number of ether oxygens (including phenoxy) is 1. The number of methoxy groups -OCH3 is 1. The van der Waals surface area contributed by atoms with E-state index in [0.29, 0.717) is 0 Å². The van der Waals surface area contributed by atoms with Crippen LogP contribution in [0.5, 0.6) is 0 Å². The van der Waals surface area contributed by atoms with Crippen LogP contribution in [0.15, 0.2) is 12.3 Å². The number of nitrogens with zero attached hydrogens (tertiary/aromatic N) is 2. The molecule has 3 nitrogen and oxygen atoms in total. The van der Waals surface area contributed by atoms with E-state index in [1.54, 1.807) is 7.11 Å². The van der Waals surface area contributed by atoms with Crippen LogP contribution in [0.1, 0.15) is 54.2 Å². The molecule has 0 bridgehead atoms. The number of hydrogen-bond donors (Lipinski definition) is 0. The SMILES string of the molecule is CC.CC.CC.CCc1ccn(CCOC)n1. The van der Waals surface area contributed by atoms with Crippen molar-refractivity contribution in [2.75, 3.05) is 13.7 Å². The zero-order valence-corrected chi connectivity index (χ0v) is 13.1. The highest BCUT2D eigenvalue weighted by Gasteiger charge is 1.94. The van der Waals surface area contributed by atoms with E-state index < -0.39 is 0 Å². The Hall–Kier alpha value is -0.830. The van der Waals surface area contributed by atoms with Crippen LogP contribution in [0.25, 0.3) is 0 Å². The Bertz CT molecular complexity index is 210. The van der Waals surface area contributed by atoms with E-state index in [-0.39, 0.29) is 0 Å². The van der Waals surface area contributed by atoms with Gasteiger partial charge in [-0.05, 0) is 12.5 Å². The molecular formula is C14H32N2O. The van der Waals surface area contributed by atoms with Crippen LogP contribution in [0, 0.1) is 0 Å². The van der Waals surface area contributed by atoms with Gasteiger partial charge in [0.2, 0.25) is 0 Å². The summed E-state index contributed by atoms with van der Waals surface area (Å²) in [7, 11) is 1.70. The number of rotatable bonds is 4. The average Bonchev–Trinajstić information content (AvgIpc) is 2.91. The lowest BCUT2D eigenvalue weighted by Gasteiger charge is -1.98. The molecule has 104 valence electrons. The van der Waals surface area contributed by atoms with Gasteiger partial charge in [0.25, 0.3) is 0 Å². The standard InChI is InChI=1S/C8H14N2O.3C2H6/c1-3-8-4-5-10(9-8)6-7-11-2;3*1-2/h4-5H,3,6-7H2,1-2H3;3*1-2H3. The van der Waals surface area contributed by atoms with E-state index >= 15 is 0 Å². The fourth-order valence-corrected chi connectivity index (χ4v) is 0.902. The van der Waals surface area contributed by atoms with E-state index in [0.717, 1.165) is 25.3 Å². The van der Waals surface area contributed by atoms with Crippen LogP contribution in [-0.2, 0) is 17.7 Å². The molecule has 0 aromatic carbocycles. The predicted molar refractivity (Wildman–Crippen MR) is 77.5 cm³/mol. The van der Waals surface area contributed by atoms with Crippen molar-refractivity contribution in [3.05, 3.63) is 18.0 Å². The minimum atomic E-state index is 0.727. The van der Waals surface area contributed by atoms with Crippen LogP contribution in [0.2, 0.25) is 0 Å². The van der Waals surface area contributed by atoms with Crippen molar-refractivity contribution < 1.29 is 4.74 Å². The molecular weight excluding hydrogens is 212 g/mol. The van der Waals surface area contributed by atoms with E-state index in [1.807, 2.05) is 58.5 Å². The molecule has 0 N–H and O–H groups in total. The van der Waals surface area contributed by atoms with Gasteiger partial charge in [-0.25, -0.2) is 0 Å². The molecule has 0 aliphatic carbocycles. The van der Waals surface area contributed by atoms with Crippen molar-refractivity contribution in [2.24, 2.45) is 0 Å². The molecule has 1 aromatic rings. The number of aryl methyl sites for hydroxylation is 1. The summed E-state index contributed by atoms with van der Waals surface area (Å²) < 4.78 is 6.83. The highest BCUT2D eigenvalue weighted by Crippen LogP contribution is 1.95. The van der Waals surface area contributed by atoms with E-state index in [2.05, 4.69) is 12.0 Å². The van der Waals surface area contributed by atoms with Gasteiger partial charge in [-0.3, -0.25) is 4.68 Å². The summed E-state index contributed by atoms with van der Waals surface area (Å²) in [6.45, 7) is 15.7. The zero-order valence-electron chi connectivity index (χ0n) is 13.1. The monoisotopic (exact) mass is 244 g/mol. The second-order valence-corrected chi connectivity index (χ2v) is 2.42. The Kier molecular flexibility index (Phi) is 26.0. The summed E-state index contributed by atoms with van der Waals surface area (Å²) >= 11 is 0. The van der Waals surface area contributed by atoms with Crippen LogP contribution in [-0.4, -0.2) is 23.5 Å². The van der Waals surface area contributed by atoms with Gasteiger partial charge in [-0.15, -0.1) is 0 Å². The molecule has 0 saturated carbocycles. The van der Waals surface area contributed by atoms with Crippen molar-refractivity contribution in [2.45, 2.75) is 61.4 Å². The van der Waals surface area contributed by atoms with Crippen LogP contribution < -0.4 is 0 Å². The molecule has 0 radical (unpaired) electrons. The molecule has 0 unspecified atom stereocenters. The molecule has 0 spiro atoms.